The molecule has 17 heavy (non-hydrogen) atoms. The number of hydrogen-bond acceptors (Lipinski definition) is 3. The Morgan fingerprint density at radius 1 is 1.41 bits per heavy atom. The molecule has 5 heteroatoms. The fraction of sp³-hybridized carbons (Fsp3) is 0.583. The molecular formula is C12H20ClN3O. The lowest BCUT2D eigenvalue weighted by atomic mass is 10.3. The highest BCUT2D eigenvalue weighted by Gasteiger charge is 2.12. The molecule has 2 rings (SSSR count). The maximum absolute atomic E-state index is 5.33. The summed E-state index contributed by atoms with van der Waals surface area (Å²) < 4.78 is 5.33. The monoisotopic (exact) mass is 257 g/mol. The number of pyridine rings is 1. The predicted molar refractivity (Wildman–Crippen MR) is 63.8 cm³/mol. The van der Waals surface area contributed by atoms with E-state index in [2.05, 4.69) is 23.3 Å². The molecule has 0 bridgehead atoms. The molecule has 1 aliphatic heterocycles. The average Bonchev–Trinajstić information content (AvgIpc) is 2.33. The van der Waals surface area contributed by atoms with Gasteiger partial charge in [-0.2, -0.15) is 0 Å². The van der Waals surface area contributed by atoms with Crippen LogP contribution in [0.15, 0.2) is 18.3 Å². The molecule has 2 heterocycles. The number of aromatic nitrogens is 1. The molecule has 0 amide bonds. The van der Waals surface area contributed by atoms with E-state index >= 15 is 0 Å². The van der Waals surface area contributed by atoms with Gasteiger partial charge in [0.2, 0.25) is 0 Å². The van der Waals surface area contributed by atoms with Gasteiger partial charge in [0, 0.05) is 6.20 Å². The van der Waals surface area contributed by atoms with Gasteiger partial charge < -0.3 is 27.4 Å². The van der Waals surface area contributed by atoms with Crippen molar-refractivity contribution in [1.29, 1.82) is 0 Å². The Hall–Kier alpha value is -0.840. The first-order valence-electron chi connectivity index (χ1n) is 5.93. The van der Waals surface area contributed by atoms with E-state index in [9.17, 15) is 0 Å². The van der Waals surface area contributed by atoms with Crippen molar-refractivity contribution in [3.63, 3.8) is 0 Å². The second-order valence-electron chi connectivity index (χ2n) is 4.21. The van der Waals surface area contributed by atoms with Crippen LogP contribution >= 0.6 is 0 Å². The van der Waals surface area contributed by atoms with E-state index in [-0.39, 0.29) is 12.4 Å². The minimum absolute atomic E-state index is 0. The quantitative estimate of drug-likeness (QED) is 0.594. The van der Waals surface area contributed by atoms with Crippen LogP contribution in [0.25, 0.3) is 0 Å². The number of anilines is 1. The van der Waals surface area contributed by atoms with Crippen LogP contribution in [0.2, 0.25) is 0 Å². The van der Waals surface area contributed by atoms with Gasteiger partial charge in [0.05, 0.1) is 26.3 Å². The summed E-state index contributed by atoms with van der Waals surface area (Å²) in [6.07, 6.45) is 1.83. The van der Waals surface area contributed by atoms with Crippen LogP contribution in [-0.2, 0) is 4.74 Å². The molecule has 0 spiro atoms. The van der Waals surface area contributed by atoms with Crippen LogP contribution < -0.4 is 22.6 Å². The van der Waals surface area contributed by atoms with Gasteiger partial charge in [-0.05, 0) is 18.6 Å². The molecule has 0 radical (unpaired) electrons. The van der Waals surface area contributed by atoms with Crippen molar-refractivity contribution < 1.29 is 22.0 Å². The maximum Gasteiger partial charge on any atom is 0.129 e. The lowest BCUT2D eigenvalue weighted by Gasteiger charge is -2.23. The predicted octanol–water partition coefficient (Wildman–Crippen LogP) is -3.28. The molecule has 1 aromatic rings. The number of hydrogen-bond donors (Lipinski definition) is 2. The number of nitrogens with zero attached hydrogens (tertiary/aromatic N) is 1. The van der Waals surface area contributed by atoms with Crippen LogP contribution in [0.1, 0.15) is 5.56 Å². The van der Waals surface area contributed by atoms with E-state index in [1.165, 1.54) is 5.56 Å². The van der Waals surface area contributed by atoms with E-state index in [0.717, 1.165) is 45.2 Å². The molecule has 0 aliphatic carbocycles. The van der Waals surface area contributed by atoms with Crippen LogP contribution in [0, 0.1) is 6.92 Å². The van der Waals surface area contributed by atoms with Gasteiger partial charge in [-0.25, -0.2) is 4.98 Å². The maximum atomic E-state index is 5.33. The summed E-state index contributed by atoms with van der Waals surface area (Å²) in [6, 6.07) is 4.05. The van der Waals surface area contributed by atoms with E-state index in [0.29, 0.717) is 0 Å². The van der Waals surface area contributed by atoms with Crippen LogP contribution in [0.5, 0.6) is 0 Å². The lowest BCUT2D eigenvalue weighted by molar-refractivity contribution is -0.906. The zero-order chi connectivity index (χ0) is 11.2. The number of aryl methyl sites for hydroxylation is 1. The number of ether oxygens (including phenoxy) is 1. The Labute approximate surface area is 109 Å². The summed E-state index contributed by atoms with van der Waals surface area (Å²) >= 11 is 0. The topological polar surface area (TPSA) is 38.6 Å². The third-order valence-electron chi connectivity index (χ3n) is 2.98. The highest BCUT2D eigenvalue weighted by Crippen LogP contribution is 2.07. The molecule has 2 N–H and O–H groups in total. The highest BCUT2D eigenvalue weighted by molar-refractivity contribution is 5.42. The normalized spacial score (nSPS) is 16.3. The third kappa shape index (κ3) is 4.50. The first kappa shape index (κ1) is 14.2. The van der Waals surface area contributed by atoms with Gasteiger partial charge in [0.1, 0.15) is 18.9 Å². The number of quaternary nitrogens is 1. The lowest BCUT2D eigenvalue weighted by Crippen LogP contribution is -3.14. The highest BCUT2D eigenvalue weighted by atomic mass is 35.5. The van der Waals surface area contributed by atoms with Crippen molar-refractivity contribution in [2.24, 2.45) is 0 Å². The second-order valence-corrected chi connectivity index (χ2v) is 4.21. The SMILES string of the molecule is Cc1cccnc1NCC[NH+]1CCOCC1.[Cl-]. The summed E-state index contributed by atoms with van der Waals surface area (Å²) in [5.74, 6) is 1.01. The van der Waals surface area contributed by atoms with Crippen molar-refractivity contribution in [3.05, 3.63) is 23.9 Å². The molecule has 0 aromatic carbocycles. The van der Waals surface area contributed by atoms with E-state index < -0.39 is 0 Å². The van der Waals surface area contributed by atoms with Gasteiger partial charge in [-0.3, -0.25) is 0 Å². The van der Waals surface area contributed by atoms with Gasteiger partial charge >= 0.3 is 0 Å². The molecule has 1 aromatic heterocycles. The molecule has 0 saturated carbocycles. The van der Waals surface area contributed by atoms with Crippen molar-refractivity contribution in [2.75, 3.05) is 44.7 Å². The Morgan fingerprint density at radius 3 is 2.88 bits per heavy atom. The Balaban J connectivity index is 0.00000144. The summed E-state index contributed by atoms with van der Waals surface area (Å²) in [5.41, 5.74) is 1.21. The standard InChI is InChI=1S/C12H19N3O.ClH/c1-11-3-2-4-13-12(11)14-5-6-15-7-9-16-10-8-15;/h2-4H,5-10H2,1H3,(H,13,14);1H. The molecule has 0 atom stereocenters. The van der Waals surface area contributed by atoms with E-state index in [4.69, 9.17) is 4.74 Å². The molecular weight excluding hydrogens is 238 g/mol. The number of halogens is 1. The molecule has 1 saturated heterocycles. The first-order valence-corrected chi connectivity index (χ1v) is 5.93. The molecule has 96 valence electrons. The largest absolute Gasteiger partial charge is 1.00 e. The van der Waals surface area contributed by atoms with Crippen LogP contribution in [0.4, 0.5) is 5.82 Å². The first-order chi connectivity index (χ1) is 7.86. The summed E-state index contributed by atoms with van der Waals surface area (Å²) in [7, 11) is 0. The summed E-state index contributed by atoms with van der Waals surface area (Å²) in [4.78, 5) is 5.93. The van der Waals surface area contributed by atoms with Crippen LogP contribution in [-0.4, -0.2) is 44.4 Å². The van der Waals surface area contributed by atoms with Gasteiger partial charge in [-0.15, -0.1) is 0 Å². The van der Waals surface area contributed by atoms with Gasteiger partial charge in [0.25, 0.3) is 0 Å². The number of rotatable bonds is 4. The minimum Gasteiger partial charge on any atom is -1.00 e. The Kier molecular flexibility index (Phi) is 6.26. The van der Waals surface area contributed by atoms with Gasteiger partial charge in [-0.1, -0.05) is 6.07 Å². The average molecular weight is 258 g/mol. The van der Waals surface area contributed by atoms with Crippen molar-refractivity contribution in [3.8, 4) is 0 Å². The number of morpholine rings is 1. The fourth-order valence-corrected chi connectivity index (χ4v) is 1.94. The molecule has 1 fully saturated rings. The molecule has 4 nitrogen and oxygen atoms in total. The van der Waals surface area contributed by atoms with E-state index in [1.807, 2.05) is 12.3 Å². The van der Waals surface area contributed by atoms with Crippen molar-refractivity contribution in [2.45, 2.75) is 6.92 Å². The van der Waals surface area contributed by atoms with Crippen molar-refractivity contribution >= 4 is 5.82 Å². The van der Waals surface area contributed by atoms with Crippen molar-refractivity contribution in [1.82, 2.24) is 4.98 Å². The summed E-state index contributed by atoms with van der Waals surface area (Å²) in [6.45, 7) is 8.26. The number of nitrogens with one attached hydrogen (secondary N) is 2. The Bertz CT molecular complexity index is 329. The second kappa shape index (κ2) is 7.48. The zero-order valence-corrected chi connectivity index (χ0v) is 11.0. The third-order valence-corrected chi connectivity index (χ3v) is 2.98. The fourth-order valence-electron chi connectivity index (χ4n) is 1.94. The Morgan fingerprint density at radius 2 is 2.18 bits per heavy atom. The van der Waals surface area contributed by atoms with Crippen LogP contribution in [0.3, 0.4) is 0 Å². The van der Waals surface area contributed by atoms with E-state index in [1.54, 1.807) is 4.90 Å². The zero-order valence-electron chi connectivity index (χ0n) is 10.2. The van der Waals surface area contributed by atoms with Gasteiger partial charge in [0.15, 0.2) is 0 Å². The molecule has 1 aliphatic rings. The smallest absolute Gasteiger partial charge is 0.129 e. The molecule has 0 unspecified atom stereocenters. The minimum atomic E-state index is 0. The summed E-state index contributed by atoms with van der Waals surface area (Å²) in [5, 5.41) is 3.39.